The van der Waals surface area contributed by atoms with Gasteiger partial charge in [-0.3, -0.25) is 14.6 Å². The SMILES string of the molecule is O=C(O)CC(NC(=O)OCC1c2ccccc2-c2ccccc21)C(=O)NCc1ccc(Cl)cn1. The molecule has 0 fully saturated rings. The number of hydrogen-bond donors (Lipinski definition) is 3. The number of aliphatic carboxylic acids is 1. The van der Waals surface area contributed by atoms with E-state index in [0.29, 0.717) is 10.7 Å². The van der Waals surface area contributed by atoms with E-state index in [9.17, 15) is 19.5 Å². The number of fused-ring (bicyclic) bond motifs is 3. The summed E-state index contributed by atoms with van der Waals surface area (Å²) in [6.45, 7) is 0.106. The highest BCUT2D eigenvalue weighted by Gasteiger charge is 2.30. The van der Waals surface area contributed by atoms with Gasteiger partial charge in [-0.05, 0) is 34.4 Å². The standard InChI is InChI=1S/C25H22ClN3O5/c26-15-9-10-16(27-12-15)13-28-24(32)22(11-23(30)31)29-25(33)34-14-21-19-7-3-1-5-17(19)18-6-2-4-8-20(18)21/h1-10,12,21-22H,11,13-14H2,(H,28,32)(H,29,33)(H,30,31). The van der Waals surface area contributed by atoms with Gasteiger partial charge in [-0.25, -0.2) is 4.79 Å². The normalized spacial score (nSPS) is 12.9. The summed E-state index contributed by atoms with van der Waals surface area (Å²) in [4.78, 5) is 40.4. The van der Waals surface area contributed by atoms with Crippen molar-refractivity contribution in [3.8, 4) is 11.1 Å². The molecule has 8 nitrogen and oxygen atoms in total. The molecule has 1 heterocycles. The molecule has 4 rings (SSSR count). The van der Waals surface area contributed by atoms with Crippen molar-refractivity contribution in [2.75, 3.05) is 6.61 Å². The van der Waals surface area contributed by atoms with Crippen molar-refractivity contribution in [3.05, 3.63) is 88.7 Å². The number of aromatic nitrogens is 1. The summed E-state index contributed by atoms with van der Waals surface area (Å²) in [5.41, 5.74) is 4.81. The Morgan fingerprint density at radius 1 is 1.00 bits per heavy atom. The molecule has 1 atom stereocenters. The molecule has 0 saturated carbocycles. The Morgan fingerprint density at radius 2 is 1.65 bits per heavy atom. The third-order valence-corrected chi connectivity index (χ3v) is 5.79. The van der Waals surface area contributed by atoms with Crippen molar-refractivity contribution in [1.29, 1.82) is 0 Å². The van der Waals surface area contributed by atoms with Crippen LogP contribution in [-0.2, 0) is 20.9 Å². The summed E-state index contributed by atoms with van der Waals surface area (Å²) in [6, 6.07) is 17.8. The van der Waals surface area contributed by atoms with E-state index < -0.39 is 30.4 Å². The molecule has 3 N–H and O–H groups in total. The summed E-state index contributed by atoms with van der Waals surface area (Å²) in [5, 5.41) is 14.6. The molecule has 1 aliphatic carbocycles. The number of benzene rings is 2. The highest BCUT2D eigenvalue weighted by molar-refractivity contribution is 6.30. The first-order chi connectivity index (χ1) is 16.4. The lowest BCUT2D eigenvalue weighted by atomic mass is 9.98. The van der Waals surface area contributed by atoms with E-state index in [-0.39, 0.29) is 19.1 Å². The number of alkyl carbamates (subject to hydrolysis) is 1. The third kappa shape index (κ3) is 5.35. The van der Waals surface area contributed by atoms with Crippen molar-refractivity contribution >= 4 is 29.6 Å². The van der Waals surface area contributed by atoms with Crippen LogP contribution >= 0.6 is 11.6 Å². The van der Waals surface area contributed by atoms with Crippen LogP contribution in [0, 0.1) is 0 Å². The Balaban J connectivity index is 1.38. The topological polar surface area (TPSA) is 118 Å². The fourth-order valence-electron chi connectivity index (χ4n) is 3.98. The summed E-state index contributed by atoms with van der Waals surface area (Å²) in [5.74, 6) is -2.04. The lowest BCUT2D eigenvalue weighted by molar-refractivity contribution is -0.139. The van der Waals surface area contributed by atoms with E-state index in [0.717, 1.165) is 22.3 Å². The number of carbonyl (C=O) groups excluding carboxylic acids is 2. The maximum atomic E-state index is 12.5. The monoisotopic (exact) mass is 479 g/mol. The van der Waals surface area contributed by atoms with E-state index in [1.807, 2.05) is 48.5 Å². The zero-order valence-electron chi connectivity index (χ0n) is 18.0. The fourth-order valence-corrected chi connectivity index (χ4v) is 4.09. The number of nitrogens with one attached hydrogen (secondary N) is 2. The summed E-state index contributed by atoms with van der Waals surface area (Å²) in [6.07, 6.45) is -0.0237. The molecule has 0 aliphatic heterocycles. The minimum Gasteiger partial charge on any atom is -0.481 e. The predicted octanol–water partition coefficient (Wildman–Crippen LogP) is 3.73. The molecule has 1 unspecified atom stereocenters. The molecule has 0 bridgehead atoms. The Hall–Kier alpha value is -3.91. The van der Waals surface area contributed by atoms with Gasteiger partial charge in [0.05, 0.1) is 23.7 Å². The number of carboxylic acid groups (broad SMARTS) is 1. The minimum atomic E-state index is -1.31. The van der Waals surface area contributed by atoms with Crippen LogP contribution in [0.2, 0.25) is 5.02 Å². The molecular weight excluding hydrogens is 458 g/mol. The second-order valence-corrected chi connectivity index (χ2v) is 8.24. The van der Waals surface area contributed by atoms with Gasteiger partial charge in [0.1, 0.15) is 12.6 Å². The molecular formula is C25H22ClN3O5. The van der Waals surface area contributed by atoms with Crippen LogP contribution in [0.3, 0.4) is 0 Å². The molecule has 0 spiro atoms. The molecule has 9 heteroatoms. The van der Waals surface area contributed by atoms with E-state index in [1.54, 1.807) is 12.1 Å². The molecule has 2 amide bonds. The smallest absolute Gasteiger partial charge is 0.407 e. The highest BCUT2D eigenvalue weighted by Crippen LogP contribution is 2.44. The van der Waals surface area contributed by atoms with E-state index in [1.165, 1.54) is 6.20 Å². The molecule has 1 aliphatic rings. The van der Waals surface area contributed by atoms with Gasteiger partial charge in [-0.15, -0.1) is 0 Å². The Bertz CT molecular complexity index is 1170. The lowest BCUT2D eigenvalue weighted by Crippen LogP contribution is -2.48. The number of halogens is 1. The zero-order chi connectivity index (χ0) is 24.1. The molecule has 0 radical (unpaired) electrons. The van der Waals surface area contributed by atoms with Crippen LogP contribution in [0.4, 0.5) is 4.79 Å². The van der Waals surface area contributed by atoms with Gasteiger partial charge in [0, 0.05) is 12.1 Å². The highest BCUT2D eigenvalue weighted by atomic mass is 35.5. The van der Waals surface area contributed by atoms with Gasteiger partial charge >= 0.3 is 12.1 Å². The molecule has 2 aromatic carbocycles. The van der Waals surface area contributed by atoms with Crippen LogP contribution < -0.4 is 10.6 Å². The van der Waals surface area contributed by atoms with Gasteiger partial charge in [0.2, 0.25) is 5.91 Å². The van der Waals surface area contributed by atoms with Gasteiger partial charge in [0.15, 0.2) is 0 Å². The second kappa shape index (κ2) is 10.4. The van der Waals surface area contributed by atoms with E-state index in [2.05, 4.69) is 15.6 Å². The van der Waals surface area contributed by atoms with E-state index in [4.69, 9.17) is 16.3 Å². The zero-order valence-corrected chi connectivity index (χ0v) is 18.8. The summed E-state index contributed by atoms with van der Waals surface area (Å²) >= 11 is 5.80. The van der Waals surface area contributed by atoms with Crippen molar-refractivity contribution in [3.63, 3.8) is 0 Å². The summed E-state index contributed by atoms with van der Waals surface area (Å²) < 4.78 is 5.43. The molecule has 1 aromatic heterocycles. The quantitative estimate of drug-likeness (QED) is 0.453. The first kappa shape index (κ1) is 23.3. The molecule has 0 saturated heterocycles. The average Bonchev–Trinajstić information content (AvgIpc) is 3.15. The third-order valence-electron chi connectivity index (χ3n) is 5.56. The summed E-state index contributed by atoms with van der Waals surface area (Å²) in [7, 11) is 0. The van der Waals surface area contributed by atoms with Crippen LogP contribution in [0.15, 0.2) is 66.9 Å². The largest absolute Gasteiger partial charge is 0.481 e. The van der Waals surface area contributed by atoms with Crippen molar-refractivity contribution < 1.29 is 24.2 Å². The first-order valence-corrected chi connectivity index (χ1v) is 11.0. The number of nitrogens with zero attached hydrogens (tertiary/aromatic N) is 1. The Kier molecular flexibility index (Phi) is 7.08. The predicted molar refractivity (Wildman–Crippen MR) is 125 cm³/mol. The Morgan fingerprint density at radius 3 is 2.24 bits per heavy atom. The first-order valence-electron chi connectivity index (χ1n) is 10.6. The minimum absolute atomic E-state index is 0.0516. The van der Waals surface area contributed by atoms with Crippen LogP contribution in [-0.4, -0.2) is 40.7 Å². The van der Waals surface area contributed by atoms with Crippen LogP contribution in [0.25, 0.3) is 11.1 Å². The second-order valence-electron chi connectivity index (χ2n) is 7.81. The average molecular weight is 480 g/mol. The Labute approximate surface area is 200 Å². The number of ether oxygens (including phenoxy) is 1. The maximum absolute atomic E-state index is 12.5. The van der Waals surface area contributed by atoms with Crippen LogP contribution in [0.1, 0.15) is 29.2 Å². The van der Waals surface area contributed by atoms with Gasteiger partial charge in [-0.1, -0.05) is 60.1 Å². The molecule has 3 aromatic rings. The van der Waals surface area contributed by atoms with Crippen molar-refractivity contribution in [2.24, 2.45) is 0 Å². The molecule has 174 valence electrons. The fraction of sp³-hybridized carbons (Fsp3) is 0.200. The number of carboxylic acids is 1. The maximum Gasteiger partial charge on any atom is 0.407 e. The number of amides is 2. The lowest BCUT2D eigenvalue weighted by Gasteiger charge is -2.18. The molecule has 34 heavy (non-hydrogen) atoms. The number of carbonyl (C=O) groups is 3. The van der Waals surface area contributed by atoms with Gasteiger partial charge < -0.3 is 20.5 Å². The van der Waals surface area contributed by atoms with Gasteiger partial charge in [-0.2, -0.15) is 0 Å². The van der Waals surface area contributed by atoms with Gasteiger partial charge in [0.25, 0.3) is 0 Å². The number of hydrogen-bond acceptors (Lipinski definition) is 5. The van der Waals surface area contributed by atoms with Crippen molar-refractivity contribution in [1.82, 2.24) is 15.6 Å². The number of pyridine rings is 1. The number of rotatable bonds is 8. The van der Waals surface area contributed by atoms with Crippen LogP contribution in [0.5, 0.6) is 0 Å². The van der Waals surface area contributed by atoms with E-state index >= 15 is 0 Å². The van der Waals surface area contributed by atoms with Crippen molar-refractivity contribution in [2.45, 2.75) is 24.9 Å².